The number of nitrogens with one attached hydrogen (secondary N) is 1. The maximum absolute atomic E-state index is 13.9. The van der Waals surface area contributed by atoms with Crippen LogP contribution in [0.4, 0.5) is 23.7 Å². The molecule has 176 valence electrons. The van der Waals surface area contributed by atoms with E-state index in [0.717, 1.165) is 23.7 Å². The quantitative estimate of drug-likeness (QED) is 0.649. The first-order valence-corrected chi connectivity index (χ1v) is 11.1. The van der Waals surface area contributed by atoms with Crippen LogP contribution in [0.2, 0.25) is 0 Å². The summed E-state index contributed by atoms with van der Waals surface area (Å²) in [6.45, 7) is 2.90. The van der Waals surface area contributed by atoms with E-state index in [1.807, 2.05) is 31.2 Å². The van der Waals surface area contributed by atoms with Crippen LogP contribution in [0.5, 0.6) is 0 Å². The van der Waals surface area contributed by atoms with E-state index in [1.165, 1.54) is 0 Å². The number of likely N-dealkylation sites (tertiary alicyclic amines) is 2. The number of amides is 3. The SMILES string of the molecule is CCc1cccc(NC(=O)N2C[C@@H]3C[C@H]2CN3C(=O)C[C@H](N)Cc2cc(F)c(F)cc2F)c1. The Labute approximate surface area is 190 Å². The van der Waals surface area contributed by atoms with Crippen molar-refractivity contribution in [2.45, 2.75) is 50.7 Å². The number of hydrogen-bond donors (Lipinski definition) is 2. The molecule has 2 aromatic carbocycles. The topological polar surface area (TPSA) is 78.7 Å². The minimum absolute atomic E-state index is 0.0440. The molecule has 3 atom stereocenters. The zero-order valence-electron chi connectivity index (χ0n) is 18.4. The van der Waals surface area contributed by atoms with Crippen molar-refractivity contribution < 1.29 is 22.8 Å². The lowest BCUT2D eigenvalue weighted by Crippen LogP contribution is -2.52. The fourth-order valence-corrected chi connectivity index (χ4v) is 4.70. The van der Waals surface area contributed by atoms with Crippen LogP contribution in [0, 0.1) is 17.5 Å². The maximum atomic E-state index is 13.9. The van der Waals surface area contributed by atoms with Crippen molar-refractivity contribution in [3.63, 3.8) is 0 Å². The number of carbonyl (C=O) groups is 2. The molecule has 2 bridgehead atoms. The third kappa shape index (κ3) is 4.98. The second-order valence-electron chi connectivity index (χ2n) is 8.75. The number of rotatable bonds is 6. The molecule has 2 fully saturated rings. The van der Waals surface area contributed by atoms with Crippen LogP contribution in [-0.4, -0.2) is 53.0 Å². The van der Waals surface area contributed by atoms with Gasteiger partial charge >= 0.3 is 6.03 Å². The molecule has 2 aromatic rings. The summed E-state index contributed by atoms with van der Waals surface area (Å²) in [5.41, 5.74) is 7.82. The summed E-state index contributed by atoms with van der Waals surface area (Å²) in [6, 6.07) is 7.86. The van der Waals surface area contributed by atoms with E-state index < -0.39 is 23.5 Å². The lowest BCUT2D eigenvalue weighted by atomic mass is 10.0. The molecular formula is C24H27F3N4O2. The van der Waals surface area contributed by atoms with Crippen molar-refractivity contribution in [2.24, 2.45) is 5.73 Å². The van der Waals surface area contributed by atoms with Crippen LogP contribution in [0.3, 0.4) is 0 Å². The lowest BCUT2D eigenvalue weighted by Gasteiger charge is -2.34. The predicted octanol–water partition coefficient (Wildman–Crippen LogP) is 3.44. The minimum atomic E-state index is -1.26. The Hall–Kier alpha value is -3.07. The summed E-state index contributed by atoms with van der Waals surface area (Å²) < 4.78 is 40.4. The van der Waals surface area contributed by atoms with Gasteiger partial charge in [-0.2, -0.15) is 0 Å². The number of urea groups is 1. The van der Waals surface area contributed by atoms with Gasteiger partial charge in [0.15, 0.2) is 11.6 Å². The number of fused-ring (bicyclic) bond motifs is 2. The maximum Gasteiger partial charge on any atom is 0.322 e. The highest BCUT2D eigenvalue weighted by molar-refractivity contribution is 5.90. The molecule has 9 heteroatoms. The molecule has 6 nitrogen and oxygen atoms in total. The van der Waals surface area contributed by atoms with Gasteiger partial charge in [-0.25, -0.2) is 18.0 Å². The third-order valence-corrected chi connectivity index (χ3v) is 6.42. The van der Waals surface area contributed by atoms with Crippen molar-refractivity contribution in [1.82, 2.24) is 9.80 Å². The number of hydrogen-bond acceptors (Lipinski definition) is 3. The van der Waals surface area contributed by atoms with Crippen LogP contribution in [0.25, 0.3) is 0 Å². The molecule has 2 aliphatic heterocycles. The van der Waals surface area contributed by atoms with Gasteiger partial charge in [-0.1, -0.05) is 19.1 Å². The third-order valence-electron chi connectivity index (χ3n) is 6.42. The van der Waals surface area contributed by atoms with Gasteiger partial charge in [-0.15, -0.1) is 0 Å². The Bertz CT molecular complexity index is 1060. The summed E-state index contributed by atoms with van der Waals surface area (Å²) >= 11 is 0. The molecule has 2 saturated heterocycles. The number of nitrogens with two attached hydrogens (primary N) is 1. The van der Waals surface area contributed by atoms with Gasteiger partial charge in [0.05, 0.1) is 12.1 Å². The van der Waals surface area contributed by atoms with E-state index in [1.54, 1.807) is 9.80 Å². The van der Waals surface area contributed by atoms with Gasteiger partial charge in [0.1, 0.15) is 5.82 Å². The first-order chi connectivity index (χ1) is 15.7. The summed E-state index contributed by atoms with van der Waals surface area (Å²) in [4.78, 5) is 29.0. The average Bonchev–Trinajstić information content (AvgIpc) is 3.39. The highest BCUT2D eigenvalue weighted by Gasteiger charge is 2.47. The van der Waals surface area contributed by atoms with Crippen molar-refractivity contribution in [2.75, 3.05) is 18.4 Å². The molecule has 2 heterocycles. The van der Waals surface area contributed by atoms with Crippen molar-refractivity contribution in [3.8, 4) is 0 Å². The molecule has 0 aromatic heterocycles. The smallest absolute Gasteiger partial charge is 0.322 e. The van der Waals surface area contributed by atoms with E-state index >= 15 is 0 Å². The molecule has 2 aliphatic rings. The molecule has 0 aliphatic carbocycles. The Morgan fingerprint density at radius 3 is 2.45 bits per heavy atom. The molecule has 0 unspecified atom stereocenters. The van der Waals surface area contributed by atoms with E-state index in [2.05, 4.69) is 5.32 Å². The molecule has 33 heavy (non-hydrogen) atoms. The number of aryl methyl sites for hydroxylation is 1. The molecule has 3 amide bonds. The van der Waals surface area contributed by atoms with Gasteiger partial charge in [0.2, 0.25) is 5.91 Å². The van der Waals surface area contributed by atoms with Gasteiger partial charge in [-0.3, -0.25) is 4.79 Å². The van der Waals surface area contributed by atoms with Crippen LogP contribution in [-0.2, 0) is 17.6 Å². The van der Waals surface area contributed by atoms with Crippen LogP contribution >= 0.6 is 0 Å². The second-order valence-corrected chi connectivity index (χ2v) is 8.75. The molecule has 0 spiro atoms. The summed E-state index contributed by atoms with van der Waals surface area (Å²) in [5, 5.41) is 2.93. The summed E-state index contributed by atoms with van der Waals surface area (Å²) in [6.07, 6.45) is 1.45. The predicted molar refractivity (Wildman–Crippen MR) is 118 cm³/mol. The van der Waals surface area contributed by atoms with Crippen LogP contribution < -0.4 is 11.1 Å². The van der Waals surface area contributed by atoms with E-state index in [9.17, 15) is 22.8 Å². The first kappa shape index (κ1) is 23.1. The average molecular weight is 461 g/mol. The fourth-order valence-electron chi connectivity index (χ4n) is 4.70. The number of anilines is 1. The molecule has 4 rings (SSSR count). The standard InChI is InChI=1S/C24H27F3N4O2/c1-2-14-4-3-5-17(6-14)29-24(33)31-13-18-10-19(31)12-30(18)23(32)9-16(28)7-15-8-21(26)22(27)11-20(15)25/h3-6,8,11,16,18-19H,2,7,9-10,12-13,28H2,1H3,(H,29,33)/t16-,18+,19+/m1/s1. The number of nitrogens with zero attached hydrogens (tertiary/aromatic N) is 2. The Balaban J connectivity index is 1.30. The van der Waals surface area contributed by atoms with Gasteiger partial charge < -0.3 is 20.9 Å². The van der Waals surface area contributed by atoms with E-state index in [0.29, 0.717) is 25.6 Å². The van der Waals surface area contributed by atoms with Crippen LogP contribution in [0.15, 0.2) is 36.4 Å². The van der Waals surface area contributed by atoms with Gasteiger partial charge in [0, 0.05) is 37.3 Å². The van der Waals surface area contributed by atoms with E-state index in [-0.39, 0.29) is 42.4 Å². The highest BCUT2D eigenvalue weighted by atomic mass is 19.2. The Morgan fingerprint density at radius 2 is 1.76 bits per heavy atom. The lowest BCUT2D eigenvalue weighted by molar-refractivity contribution is -0.133. The highest BCUT2D eigenvalue weighted by Crippen LogP contribution is 2.32. The van der Waals surface area contributed by atoms with Gasteiger partial charge in [0.25, 0.3) is 0 Å². The second kappa shape index (κ2) is 9.43. The van der Waals surface area contributed by atoms with Crippen LogP contribution in [0.1, 0.15) is 30.9 Å². The largest absolute Gasteiger partial charge is 0.336 e. The van der Waals surface area contributed by atoms with Crippen molar-refractivity contribution in [3.05, 3.63) is 65.0 Å². The number of carbonyl (C=O) groups excluding carboxylic acids is 2. The Morgan fingerprint density at radius 1 is 1.06 bits per heavy atom. The van der Waals surface area contributed by atoms with Crippen molar-refractivity contribution in [1.29, 1.82) is 0 Å². The number of benzene rings is 2. The first-order valence-electron chi connectivity index (χ1n) is 11.1. The Kier molecular flexibility index (Phi) is 6.60. The van der Waals surface area contributed by atoms with Gasteiger partial charge in [-0.05, 0) is 48.6 Å². The fraction of sp³-hybridized carbons (Fsp3) is 0.417. The van der Waals surface area contributed by atoms with Crippen molar-refractivity contribution >= 4 is 17.6 Å². The van der Waals surface area contributed by atoms with E-state index in [4.69, 9.17) is 5.73 Å². The summed E-state index contributed by atoms with van der Waals surface area (Å²) in [5.74, 6) is -3.49. The molecule has 0 radical (unpaired) electrons. The molecule has 3 N–H and O–H groups in total. The zero-order valence-corrected chi connectivity index (χ0v) is 18.4. The molecular weight excluding hydrogens is 433 g/mol. The number of halogens is 3. The number of piperazine rings is 1. The summed E-state index contributed by atoms with van der Waals surface area (Å²) in [7, 11) is 0. The normalized spacial score (nSPS) is 20.3. The zero-order chi connectivity index (χ0) is 23.7. The minimum Gasteiger partial charge on any atom is -0.336 e. The molecule has 0 saturated carbocycles. The monoisotopic (exact) mass is 460 g/mol.